The van der Waals surface area contributed by atoms with Crippen molar-refractivity contribution in [2.45, 2.75) is 12.1 Å². The number of nitrogens with zero attached hydrogens (tertiary/aromatic N) is 1. The number of ether oxygens (including phenoxy) is 2. The van der Waals surface area contributed by atoms with Gasteiger partial charge in [-0.05, 0) is 25.2 Å². The highest BCUT2D eigenvalue weighted by molar-refractivity contribution is 5.42. The van der Waals surface area contributed by atoms with Gasteiger partial charge in [0.25, 0.3) is 0 Å². The first-order valence-corrected chi connectivity index (χ1v) is 6.55. The van der Waals surface area contributed by atoms with Gasteiger partial charge in [-0.3, -0.25) is 0 Å². The normalized spacial score (nSPS) is 22.0. The van der Waals surface area contributed by atoms with E-state index in [9.17, 15) is 0 Å². The van der Waals surface area contributed by atoms with Gasteiger partial charge >= 0.3 is 0 Å². The SMILES string of the molecule is COc1ccc(OC)c(C(N)C2CN(C)CCN2)c1. The Labute approximate surface area is 114 Å². The summed E-state index contributed by atoms with van der Waals surface area (Å²) in [6.45, 7) is 2.95. The number of piperazine rings is 1. The van der Waals surface area contributed by atoms with Gasteiger partial charge in [0.15, 0.2) is 0 Å². The molecule has 2 atom stereocenters. The Morgan fingerprint density at radius 1 is 1.37 bits per heavy atom. The molecule has 0 amide bonds. The van der Waals surface area contributed by atoms with Crippen LogP contribution in [0.1, 0.15) is 11.6 Å². The average molecular weight is 265 g/mol. The lowest BCUT2D eigenvalue weighted by molar-refractivity contribution is 0.218. The van der Waals surface area contributed by atoms with Crippen LogP contribution in [0.3, 0.4) is 0 Å². The molecule has 2 unspecified atom stereocenters. The molecule has 106 valence electrons. The molecule has 0 aliphatic carbocycles. The molecule has 1 fully saturated rings. The summed E-state index contributed by atoms with van der Waals surface area (Å²) < 4.78 is 10.7. The van der Waals surface area contributed by atoms with Crippen molar-refractivity contribution in [2.24, 2.45) is 5.73 Å². The third-order valence-electron chi connectivity index (χ3n) is 3.64. The standard InChI is InChI=1S/C14H23N3O2/c1-17-7-6-16-12(9-17)14(15)11-8-10(18-2)4-5-13(11)19-3/h4-5,8,12,14,16H,6-7,9,15H2,1-3H3. The summed E-state index contributed by atoms with van der Waals surface area (Å²) in [5.74, 6) is 1.61. The van der Waals surface area contributed by atoms with Gasteiger partial charge < -0.3 is 25.4 Å². The van der Waals surface area contributed by atoms with Crippen molar-refractivity contribution in [3.05, 3.63) is 23.8 Å². The van der Waals surface area contributed by atoms with Gasteiger partial charge in [0.2, 0.25) is 0 Å². The monoisotopic (exact) mass is 265 g/mol. The molecule has 1 aliphatic heterocycles. The molecule has 0 saturated carbocycles. The molecule has 5 nitrogen and oxygen atoms in total. The second-order valence-corrected chi connectivity index (χ2v) is 4.96. The maximum atomic E-state index is 6.41. The molecule has 1 aromatic carbocycles. The zero-order chi connectivity index (χ0) is 13.8. The quantitative estimate of drug-likeness (QED) is 0.835. The van der Waals surface area contributed by atoms with E-state index >= 15 is 0 Å². The van der Waals surface area contributed by atoms with Gasteiger partial charge in [0.1, 0.15) is 11.5 Å². The van der Waals surface area contributed by atoms with Crippen LogP contribution in [0.4, 0.5) is 0 Å². The first kappa shape index (κ1) is 14.1. The molecule has 1 saturated heterocycles. The fourth-order valence-corrected chi connectivity index (χ4v) is 2.49. The molecule has 1 heterocycles. The van der Waals surface area contributed by atoms with E-state index in [2.05, 4.69) is 17.3 Å². The van der Waals surface area contributed by atoms with Crippen molar-refractivity contribution in [1.29, 1.82) is 0 Å². The molecule has 0 bridgehead atoms. The molecule has 5 heteroatoms. The Balaban J connectivity index is 2.23. The largest absolute Gasteiger partial charge is 0.497 e. The molecule has 0 aromatic heterocycles. The summed E-state index contributed by atoms with van der Waals surface area (Å²) >= 11 is 0. The average Bonchev–Trinajstić information content (AvgIpc) is 2.45. The summed E-state index contributed by atoms with van der Waals surface area (Å²) in [7, 11) is 5.44. The predicted molar refractivity (Wildman–Crippen MR) is 75.8 cm³/mol. The minimum absolute atomic E-state index is 0.118. The summed E-state index contributed by atoms with van der Waals surface area (Å²) in [5.41, 5.74) is 7.39. The Morgan fingerprint density at radius 3 is 2.79 bits per heavy atom. The van der Waals surface area contributed by atoms with Crippen LogP contribution in [-0.2, 0) is 0 Å². The van der Waals surface area contributed by atoms with Gasteiger partial charge in [0, 0.05) is 31.2 Å². The lowest BCUT2D eigenvalue weighted by Gasteiger charge is -2.35. The molecule has 19 heavy (non-hydrogen) atoms. The topological polar surface area (TPSA) is 59.8 Å². The fourth-order valence-electron chi connectivity index (χ4n) is 2.49. The highest BCUT2D eigenvalue weighted by Gasteiger charge is 2.26. The highest BCUT2D eigenvalue weighted by atomic mass is 16.5. The van der Waals surface area contributed by atoms with Crippen LogP contribution < -0.4 is 20.5 Å². The minimum Gasteiger partial charge on any atom is -0.497 e. The lowest BCUT2D eigenvalue weighted by Crippen LogP contribution is -2.53. The second-order valence-electron chi connectivity index (χ2n) is 4.96. The molecular weight excluding hydrogens is 242 g/mol. The predicted octanol–water partition coefficient (Wildman–Crippen LogP) is 0.607. The van der Waals surface area contributed by atoms with Gasteiger partial charge in [0.05, 0.1) is 20.3 Å². The van der Waals surface area contributed by atoms with Crippen LogP contribution >= 0.6 is 0 Å². The minimum atomic E-state index is -0.118. The summed E-state index contributed by atoms with van der Waals surface area (Å²) in [6, 6.07) is 5.85. The molecule has 0 spiro atoms. The molecular formula is C14H23N3O2. The van der Waals surface area contributed by atoms with E-state index in [-0.39, 0.29) is 12.1 Å². The zero-order valence-electron chi connectivity index (χ0n) is 11.8. The van der Waals surface area contributed by atoms with E-state index in [1.807, 2.05) is 18.2 Å². The first-order valence-electron chi connectivity index (χ1n) is 6.55. The number of nitrogens with two attached hydrogens (primary N) is 1. The molecule has 0 radical (unpaired) electrons. The van der Waals surface area contributed by atoms with E-state index in [0.29, 0.717) is 0 Å². The molecule has 1 aromatic rings. The van der Waals surface area contributed by atoms with Crippen molar-refractivity contribution < 1.29 is 9.47 Å². The van der Waals surface area contributed by atoms with Crippen molar-refractivity contribution in [2.75, 3.05) is 40.9 Å². The number of rotatable bonds is 4. The number of hydrogen-bond donors (Lipinski definition) is 2. The highest BCUT2D eigenvalue weighted by Crippen LogP contribution is 2.30. The van der Waals surface area contributed by atoms with E-state index in [1.54, 1.807) is 14.2 Å². The zero-order valence-corrected chi connectivity index (χ0v) is 11.8. The van der Waals surface area contributed by atoms with Crippen molar-refractivity contribution in [3.8, 4) is 11.5 Å². The van der Waals surface area contributed by atoms with Crippen LogP contribution in [0.2, 0.25) is 0 Å². The maximum Gasteiger partial charge on any atom is 0.123 e. The molecule has 2 rings (SSSR count). The van der Waals surface area contributed by atoms with Crippen molar-refractivity contribution in [1.82, 2.24) is 10.2 Å². The first-order chi connectivity index (χ1) is 9.15. The summed E-state index contributed by atoms with van der Waals surface area (Å²) in [4.78, 5) is 2.29. The Kier molecular flexibility index (Phi) is 4.63. The Bertz CT molecular complexity index is 425. The van der Waals surface area contributed by atoms with Crippen LogP contribution in [-0.4, -0.2) is 51.8 Å². The summed E-state index contributed by atoms with van der Waals surface area (Å²) in [5, 5.41) is 3.47. The van der Waals surface area contributed by atoms with Gasteiger partial charge in [-0.15, -0.1) is 0 Å². The van der Waals surface area contributed by atoms with Crippen LogP contribution in [0.5, 0.6) is 11.5 Å². The van der Waals surface area contributed by atoms with Crippen LogP contribution in [0.25, 0.3) is 0 Å². The van der Waals surface area contributed by atoms with E-state index in [0.717, 1.165) is 36.7 Å². The number of nitrogens with one attached hydrogen (secondary N) is 1. The summed E-state index contributed by atoms with van der Waals surface area (Å²) in [6.07, 6.45) is 0. The fraction of sp³-hybridized carbons (Fsp3) is 0.571. The lowest BCUT2D eigenvalue weighted by atomic mass is 9.97. The van der Waals surface area contributed by atoms with Gasteiger partial charge in [-0.2, -0.15) is 0 Å². The Morgan fingerprint density at radius 2 is 2.16 bits per heavy atom. The molecule has 3 N–H and O–H groups in total. The van der Waals surface area contributed by atoms with Crippen molar-refractivity contribution >= 4 is 0 Å². The number of methoxy groups -OCH3 is 2. The third-order valence-corrected chi connectivity index (χ3v) is 3.64. The third kappa shape index (κ3) is 3.18. The van der Waals surface area contributed by atoms with Gasteiger partial charge in [-0.25, -0.2) is 0 Å². The number of hydrogen-bond acceptors (Lipinski definition) is 5. The maximum absolute atomic E-state index is 6.41. The number of benzene rings is 1. The van der Waals surface area contributed by atoms with E-state index in [1.165, 1.54) is 0 Å². The van der Waals surface area contributed by atoms with Crippen LogP contribution in [0, 0.1) is 0 Å². The van der Waals surface area contributed by atoms with E-state index < -0.39 is 0 Å². The second kappa shape index (κ2) is 6.23. The molecule has 1 aliphatic rings. The number of likely N-dealkylation sites (N-methyl/N-ethyl adjacent to an activating group) is 1. The Hall–Kier alpha value is -1.30. The van der Waals surface area contributed by atoms with Gasteiger partial charge in [-0.1, -0.05) is 0 Å². The van der Waals surface area contributed by atoms with Crippen molar-refractivity contribution in [3.63, 3.8) is 0 Å². The van der Waals surface area contributed by atoms with Crippen LogP contribution in [0.15, 0.2) is 18.2 Å². The van der Waals surface area contributed by atoms with E-state index in [4.69, 9.17) is 15.2 Å². The smallest absolute Gasteiger partial charge is 0.123 e.